The zero-order valence-corrected chi connectivity index (χ0v) is 12.7. The minimum atomic E-state index is 0.881. The van der Waals surface area contributed by atoms with Crippen LogP contribution < -0.4 is 0 Å². The maximum Gasteiger partial charge on any atom is 0.0526 e. The smallest absolute Gasteiger partial charge is 0.0526 e. The highest BCUT2D eigenvalue weighted by molar-refractivity contribution is 5.87. The molecule has 0 amide bonds. The number of nitrogens with zero attached hydrogens (tertiary/aromatic N) is 2. The molecule has 0 saturated carbocycles. The van der Waals surface area contributed by atoms with Crippen LogP contribution in [0.15, 0.2) is 84.1 Å². The highest BCUT2D eigenvalue weighted by Gasteiger charge is 2.19. The quantitative estimate of drug-likeness (QED) is 0.500. The second kappa shape index (κ2) is 6.01. The van der Waals surface area contributed by atoms with Crippen LogP contribution in [0.1, 0.15) is 27.9 Å². The molecule has 23 heavy (non-hydrogen) atoms. The maximum absolute atomic E-state index is 4.55. The first-order valence-electron chi connectivity index (χ1n) is 7.73. The number of hydrogen-bond acceptors (Lipinski definition) is 2. The van der Waals surface area contributed by atoms with Gasteiger partial charge in [0.05, 0.1) is 5.69 Å². The van der Waals surface area contributed by atoms with E-state index in [9.17, 15) is 0 Å². The molecule has 0 unspecified atom stereocenters. The van der Waals surface area contributed by atoms with E-state index < -0.39 is 0 Å². The van der Waals surface area contributed by atoms with Crippen LogP contribution in [0.25, 0.3) is 5.57 Å². The predicted octanol–water partition coefficient (Wildman–Crippen LogP) is 4.49. The van der Waals surface area contributed by atoms with Gasteiger partial charge in [-0.1, -0.05) is 60.7 Å². The number of aliphatic imine (C=N–C) groups is 1. The molecule has 0 atom stereocenters. The molecule has 0 N–H and O–H groups in total. The molecule has 2 heteroatoms. The molecular formula is C21H16N2. The molecule has 3 aromatic rings. The first kappa shape index (κ1) is 13.6. The molecule has 0 radical (unpaired) electrons. The van der Waals surface area contributed by atoms with Crippen LogP contribution in [0.2, 0.25) is 0 Å². The number of benzene rings is 2. The van der Waals surface area contributed by atoms with Gasteiger partial charge in [0.15, 0.2) is 0 Å². The fraction of sp³-hybridized carbons (Fsp3) is 0.0476. The first-order chi connectivity index (χ1) is 11.4. The molecule has 110 valence electrons. The van der Waals surface area contributed by atoms with Gasteiger partial charge in [0.1, 0.15) is 0 Å². The molecule has 1 heterocycles. The Balaban J connectivity index is 1.78. The summed E-state index contributed by atoms with van der Waals surface area (Å²) in [6.07, 6.45) is 6.58. The van der Waals surface area contributed by atoms with E-state index in [0.717, 1.165) is 23.3 Å². The van der Waals surface area contributed by atoms with Gasteiger partial charge in [-0.05, 0) is 22.8 Å². The fourth-order valence-electron chi connectivity index (χ4n) is 2.96. The molecule has 0 spiro atoms. The van der Waals surface area contributed by atoms with Crippen LogP contribution in [0.3, 0.4) is 0 Å². The summed E-state index contributed by atoms with van der Waals surface area (Å²) in [4.78, 5) is 9.09. The van der Waals surface area contributed by atoms with Crippen molar-refractivity contribution < 1.29 is 0 Å². The SMILES string of the molecule is C(=N/C=C1/c2ccccc2Cc2ncccc21)c1ccccc1. The Labute approximate surface area is 135 Å². The van der Waals surface area contributed by atoms with Crippen molar-refractivity contribution in [1.82, 2.24) is 4.98 Å². The summed E-state index contributed by atoms with van der Waals surface area (Å²) in [5, 5.41) is 0. The lowest BCUT2D eigenvalue weighted by molar-refractivity contribution is 1.04. The van der Waals surface area contributed by atoms with Crippen LogP contribution in [0.5, 0.6) is 0 Å². The zero-order valence-electron chi connectivity index (χ0n) is 12.7. The summed E-state index contributed by atoms with van der Waals surface area (Å²) in [5.41, 5.74) is 7.09. The predicted molar refractivity (Wildman–Crippen MR) is 94.6 cm³/mol. The van der Waals surface area contributed by atoms with Gasteiger partial charge >= 0.3 is 0 Å². The van der Waals surface area contributed by atoms with Gasteiger partial charge in [0.2, 0.25) is 0 Å². The molecular weight excluding hydrogens is 280 g/mol. The van der Waals surface area contributed by atoms with Gasteiger partial charge in [-0.25, -0.2) is 0 Å². The van der Waals surface area contributed by atoms with E-state index in [2.05, 4.69) is 40.3 Å². The second-order valence-electron chi connectivity index (χ2n) is 5.56. The molecule has 4 rings (SSSR count). The molecule has 0 fully saturated rings. The fourth-order valence-corrected chi connectivity index (χ4v) is 2.96. The van der Waals surface area contributed by atoms with Crippen molar-refractivity contribution >= 4 is 11.8 Å². The molecule has 0 bridgehead atoms. The second-order valence-corrected chi connectivity index (χ2v) is 5.56. The Kier molecular flexibility index (Phi) is 3.57. The summed E-state index contributed by atoms with van der Waals surface area (Å²) in [5.74, 6) is 0. The summed E-state index contributed by atoms with van der Waals surface area (Å²) in [7, 11) is 0. The van der Waals surface area contributed by atoms with Crippen molar-refractivity contribution in [2.45, 2.75) is 6.42 Å². The van der Waals surface area contributed by atoms with E-state index in [1.54, 1.807) is 0 Å². The summed E-state index contributed by atoms with van der Waals surface area (Å²) < 4.78 is 0. The number of aromatic nitrogens is 1. The van der Waals surface area contributed by atoms with E-state index in [1.165, 1.54) is 16.7 Å². The lowest BCUT2D eigenvalue weighted by Gasteiger charge is -2.20. The number of rotatable bonds is 2. The molecule has 1 aromatic heterocycles. The summed E-state index contributed by atoms with van der Waals surface area (Å²) >= 11 is 0. The van der Waals surface area contributed by atoms with Crippen LogP contribution >= 0.6 is 0 Å². The topological polar surface area (TPSA) is 25.2 Å². The van der Waals surface area contributed by atoms with Crippen LogP contribution in [0.4, 0.5) is 0 Å². The maximum atomic E-state index is 4.55. The lowest BCUT2D eigenvalue weighted by Crippen LogP contribution is -2.08. The number of pyridine rings is 1. The van der Waals surface area contributed by atoms with E-state index >= 15 is 0 Å². The molecule has 1 aliphatic carbocycles. The third-order valence-electron chi connectivity index (χ3n) is 4.07. The van der Waals surface area contributed by atoms with Crippen molar-refractivity contribution in [2.24, 2.45) is 4.99 Å². The third kappa shape index (κ3) is 2.71. The first-order valence-corrected chi connectivity index (χ1v) is 7.73. The average molecular weight is 296 g/mol. The van der Waals surface area contributed by atoms with Gasteiger partial charge in [0, 0.05) is 36.2 Å². The lowest BCUT2D eigenvalue weighted by atomic mass is 9.85. The molecule has 2 nitrogen and oxygen atoms in total. The average Bonchev–Trinajstić information content (AvgIpc) is 2.62. The van der Waals surface area contributed by atoms with Gasteiger partial charge in [0.25, 0.3) is 0 Å². The standard InChI is InChI=1S/C21H16N2/c1-2-7-16(8-3-1)14-22-15-20-18-10-5-4-9-17(18)13-21-19(20)11-6-12-23-21/h1-12,14-15H,13H2/b20-15-,22-14?. The Morgan fingerprint density at radius 2 is 1.61 bits per heavy atom. The van der Waals surface area contributed by atoms with E-state index in [4.69, 9.17) is 0 Å². The van der Waals surface area contributed by atoms with Crippen molar-refractivity contribution in [3.05, 3.63) is 107 Å². The van der Waals surface area contributed by atoms with Gasteiger partial charge in [-0.3, -0.25) is 9.98 Å². The number of hydrogen-bond donors (Lipinski definition) is 0. The minimum Gasteiger partial charge on any atom is -0.263 e. The molecule has 1 aliphatic rings. The van der Waals surface area contributed by atoms with Crippen LogP contribution in [-0.2, 0) is 6.42 Å². The van der Waals surface area contributed by atoms with E-state index in [-0.39, 0.29) is 0 Å². The zero-order chi connectivity index (χ0) is 15.5. The Morgan fingerprint density at radius 1 is 0.826 bits per heavy atom. The molecule has 0 saturated heterocycles. The normalized spacial score (nSPS) is 14.7. The molecule has 0 aliphatic heterocycles. The largest absolute Gasteiger partial charge is 0.263 e. The van der Waals surface area contributed by atoms with Gasteiger partial charge < -0.3 is 0 Å². The van der Waals surface area contributed by atoms with Crippen molar-refractivity contribution in [3.8, 4) is 0 Å². The van der Waals surface area contributed by atoms with Gasteiger partial charge in [-0.2, -0.15) is 0 Å². The molecule has 2 aromatic carbocycles. The highest BCUT2D eigenvalue weighted by Crippen LogP contribution is 2.34. The monoisotopic (exact) mass is 296 g/mol. The van der Waals surface area contributed by atoms with E-state index in [0.29, 0.717) is 0 Å². The summed E-state index contributed by atoms with van der Waals surface area (Å²) in [6.45, 7) is 0. The van der Waals surface area contributed by atoms with E-state index in [1.807, 2.05) is 55.0 Å². The van der Waals surface area contributed by atoms with Crippen molar-refractivity contribution in [1.29, 1.82) is 0 Å². The number of fused-ring (bicyclic) bond motifs is 2. The highest BCUT2D eigenvalue weighted by atomic mass is 14.7. The Hall–Kier alpha value is -3.00. The Bertz CT molecular complexity index is 845. The summed E-state index contributed by atoms with van der Waals surface area (Å²) in [6, 6.07) is 22.7. The van der Waals surface area contributed by atoms with Crippen molar-refractivity contribution in [2.75, 3.05) is 0 Å². The van der Waals surface area contributed by atoms with Crippen LogP contribution in [-0.4, -0.2) is 11.2 Å². The minimum absolute atomic E-state index is 0.881. The third-order valence-corrected chi connectivity index (χ3v) is 4.07. The van der Waals surface area contributed by atoms with Crippen molar-refractivity contribution in [3.63, 3.8) is 0 Å². The van der Waals surface area contributed by atoms with Crippen LogP contribution in [0, 0.1) is 0 Å². The van der Waals surface area contributed by atoms with Gasteiger partial charge in [-0.15, -0.1) is 0 Å². The Morgan fingerprint density at radius 3 is 2.52 bits per heavy atom.